The highest BCUT2D eigenvalue weighted by Crippen LogP contribution is 2.31. The van der Waals surface area contributed by atoms with Gasteiger partial charge in [-0.2, -0.15) is 0 Å². The molecule has 2 aliphatic rings. The second kappa shape index (κ2) is 6.92. The standard InChI is InChI=1S/C19H25N3O2S/c1-19(9-4-12-24-19)13-20-17(23)14-7-10-22(11-8-14)18-21-15-5-2-3-6-16(15)25-18/h2-3,5-6,14H,4,7-13H2,1H3,(H,20,23). The highest BCUT2D eigenvalue weighted by molar-refractivity contribution is 7.22. The average Bonchev–Trinajstić information content (AvgIpc) is 3.26. The number of aromatic nitrogens is 1. The molecular weight excluding hydrogens is 334 g/mol. The molecule has 2 aliphatic heterocycles. The van der Waals surface area contributed by atoms with Gasteiger partial charge in [-0.15, -0.1) is 0 Å². The summed E-state index contributed by atoms with van der Waals surface area (Å²) < 4.78 is 6.98. The van der Waals surface area contributed by atoms with Crippen LogP contribution in [0.15, 0.2) is 24.3 Å². The molecule has 1 amide bonds. The number of carbonyl (C=O) groups excluding carboxylic acids is 1. The summed E-state index contributed by atoms with van der Waals surface area (Å²) >= 11 is 1.74. The minimum absolute atomic E-state index is 0.107. The average molecular weight is 359 g/mol. The third-order valence-corrected chi connectivity index (χ3v) is 6.45. The van der Waals surface area contributed by atoms with Crippen molar-refractivity contribution in [1.82, 2.24) is 10.3 Å². The maximum atomic E-state index is 12.5. The van der Waals surface area contributed by atoms with Gasteiger partial charge in [0.25, 0.3) is 0 Å². The first-order valence-electron chi connectivity index (χ1n) is 9.15. The number of hydrogen-bond donors (Lipinski definition) is 1. The lowest BCUT2D eigenvalue weighted by Crippen LogP contribution is -2.45. The smallest absolute Gasteiger partial charge is 0.223 e. The second-order valence-corrected chi connectivity index (χ2v) is 8.35. The Morgan fingerprint density at radius 3 is 2.92 bits per heavy atom. The van der Waals surface area contributed by atoms with E-state index in [9.17, 15) is 4.79 Å². The van der Waals surface area contributed by atoms with Crippen molar-refractivity contribution in [3.63, 3.8) is 0 Å². The minimum atomic E-state index is -0.169. The lowest BCUT2D eigenvalue weighted by Gasteiger charge is -2.32. The zero-order valence-corrected chi connectivity index (χ0v) is 15.5. The van der Waals surface area contributed by atoms with Crippen LogP contribution in [0.1, 0.15) is 32.6 Å². The number of hydrogen-bond acceptors (Lipinski definition) is 5. The third-order valence-electron chi connectivity index (χ3n) is 5.36. The van der Waals surface area contributed by atoms with Crippen LogP contribution < -0.4 is 10.2 Å². The molecule has 0 saturated carbocycles. The Morgan fingerprint density at radius 1 is 1.40 bits per heavy atom. The Balaban J connectivity index is 1.31. The zero-order valence-electron chi connectivity index (χ0n) is 14.7. The molecule has 4 rings (SSSR count). The summed E-state index contributed by atoms with van der Waals surface area (Å²) in [6.07, 6.45) is 3.90. The Kier molecular flexibility index (Phi) is 4.65. The van der Waals surface area contributed by atoms with Crippen molar-refractivity contribution in [1.29, 1.82) is 0 Å². The Hall–Kier alpha value is -1.66. The molecule has 134 valence electrons. The number of nitrogens with one attached hydrogen (secondary N) is 1. The number of ether oxygens (including phenoxy) is 1. The quantitative estimate of drug-likeness (QED) is 0.911. The second-order valence-electron chi connectivity index (χ2n) is 7.35. The molecule has 5 nitrogen and oxygen atoms in total. The summed E-state index contributed by atoms with van der Waals surface area (Å²) in [5.41, 5.74) is 0.893. The molecule has 25 heavy (non-hydrogen) atoms. The number of carbonyl (C=O) groups is 1. The topological polar surface area (TPSA) is 54.5 Å². The molecular formula is C19H25N3O2S. The molecule has 2 aromatic rings. The Morgan fingerprint density at radius 2 is 2.20 bits per heavy atom. The van der Waals surface area contributed by atoms with Crippen LogP contribution in [0.4, 0.5) is 5.13 Å². The molecule has 3 heterocycles. The fourth-order valence-corrected chi connectivity index (χ4v) is 4.74. The van der Waals surface area contributed by atoms with Gasteiger partial charge in [0.2, 0.25) is 5.91 Å². The number of benzene rings is 1. The van der Waals surface area contributed by atoms with Crippen molar-refractivity contribution in [3.05, 3.63) is 24.3 Å². The summed E-state index contributed by atoms with van der Waals surface area (Å²) in [5.74, 6) is 0.288. The van der Waals surface area contributed by atoms with E-state index >= 15 is 0 Å². The molecule has 0 bridgehead atoms. The van der Waals surface area contributed by atoms with Gasteiger partial charge in [0.05, 0.1) is 15.8 Å². The van der Waals surface area contributed by atoms with Crippen LogP contribution in [0.5, 0.6) is 0 Å². The lowest BCUT2D eigenvalue weighted by atomic mass is 9.95. The van der Waals surface area contributed by atoms with Crippen molar-refractivity contribution < 1.29 is 9.53 Å². The van der Waals surface area contributed by atoms with Gasteiger partial charge >= 0.3 is 0 Å². The van der Waals surface area contributed by atoms with Crippen molar-refractivity contribution in [3.8, 4) is 0 Å². The lowest BCUT2D eigenvalue weighted by molar-refractivity contribution is -0.126. The largest absolute Gasteiger partial charge is 0.373 e. The van der Waals surface area contributed by atoms with Gasteiger partial charge < -0.3 is 15.0 Å². The summed E-state index contributed by atoms with van der Waals surface area (Å²) in [4.78, 5) is 19.5. The third kappa shape index (κ3) is 3.65. The fourth-order valence-electron chi connectivity index (χ4n) is 3.72. The van der Waals surface area contributed by atoms with Crippen molar-refractivity contribution >= 4 is 32.6 Å². The number of rotatable bonds is 4. The summed E-state index contributed by atoms with van der Waals surface area (Å²) in [6.45, 7) is 5.32. The van der Waals surface area contributed by atoms with Gasteiger partial charge in [0, 0.05) is 32.2 Å². The highest BCUT2D eigenvalue weighted by atomic mass is 32.1. The predicted molar refractivity (Wildman–Crippen MR) is 101 cm³/mol. The maximum Gasteiger partial charge on any atom is 0.223 e. The van der Waals surface area contributed by atoms with Gasteiger partial charge in [-0.25, -0.2) is 4.98 Å². The molecule has 0 aliphatic carbocycles. The Labute approximate surface area is 152 Å². The number of anilines is 1. The van der Waals surface area contributed by atoms with E-state index in [1.165, 1.54) is 4.70 Å². The van der Waals surface area contributed by atoms with Crippen LogP contribution in [0.25, 0.3) is 10.2 Å². The van der Waals surface area contributed by atoms with Crippen LogP contribution in [-0.2, 0) is 9.53 Å². The number of para-hydroxylation sites is 1. The van der Waals surface area contributed by atoms with Gasteiger partial charge in [0.1, 0.15) is 0 Å². The SMILES string of the molecule is CC1(CNC(=O)C2CCN(c3nc4ccccc4s3)CC2)CCCO1. The fraction of sp³-hybridized carbons (Fsp3) is 0.579. The molecule has 2 saturated heterocycles. The molecule has 1 atom stereocenters. The summed E-state index contributed by atoms with van der Waals surface area (Å²) in [5, 5.41) is 4.19. The monoisotopic (exact) mass is 359 g/mol. The van der Waals surface area contributed by atoms with Gasteiger partial charge in [-0.1, -0.05) is 23.5 Å². The molecule has 6 heteroatoms. The van der Waals surface area contributed by atoms with Gasteiger partial charge in [-0.3, -0.25) is 4.79 Å². The molecule has 2 fully saturated rings. The predicted octanol–water partition coefficient (Wildman–Crippen LogP) is 3.20. The molecule has 1 aromatic heterocycles. The zero-order chi connectivity index (χ0) is 17.3. The van der Waals surface area contributed by atoms with Crippen LogP contribution in [-0.4, -0.2) is 42.7 Å². The number of amides is 1. The molecule has 0 spiro atoms. The van der Waals surface area contributed by atoms with E-state index in [1.807, 2.05) is 6.07 Å². The molecule has 1 unspecified atom stereocenters. The van der Waals surface area contributed by atoms with Crippen LogP contribution in [0.2, 0.25) is 0 Å². The first-order chi connectivity index (χ1) is 12.1. The van der Waals surface area contributed by atoms with E-state index in [2.05, 4.69) is 35.3 Å². The molecule has 0 radical (unpaired) electrons. The number of thiazole rings is 1. The summed E-state index contributed by atoms with van der Waals surface area (Å²) in [6, 6.07) is 8.25. The Bertz CT molecular complexity index is 713. The van der Waals surface area contributed by atoms with Crippen molar-refractivity contribution in [2.45, 2.75) is 38.2 Å². The number of fused-ring (bicyclic) bond motifs is 1. The molecule has 1 aromatic carbocycles. The van der Waals surface area contributed by atoms with E-state index in [0.29, 0.717) is 6.54 Å². The van der Waals surface area contributed by atoms with E-state index in [1.54, 1.807) is 11.3 Å². The van der Waals surface area contributed by atoms with Crippen LogP contribution in [0, 0.1) is 5.92 Å². The first-order valence-corrected chi connectivity index (χ1v) is 9.97. The van der Waals surface area contributed by atoms with Gasteiger partial charge in [-0.05, 0) is 44.7 Å². The number of piperidine rings is 1. The van der Waals surface area contributed by atoms with Crippen molar-refractivity contribution in [2.75, 3.05) is 31.1 Å². The van der Waals surface area contributed by atoms with E-state index in [0.717, 1.165) is 56.0 Å². The van der Waals surface area contributed by atoms with Crippen LogP contribution >= 0.6 is 11.3 Å². The van der Waals surface area contributed by atoms with Crippen molar-refractivity contribution in [2.24, 2.45) is 5.92 Å². The normalized spacial score (nSPS) is 24.8. The highest BCUT2D eigenvalue weighted by Gasteiger charge is 2.32. The van der Waals surface area contributed by atoms with E-state index in [-0.39, 0.29) is 17.4 Å². The van der Waals surface area contributed by atoms with Gasteiger partial charge in [0.15, 0.2) is 5.13 Å². The summed E-state index contributed by atoms with van der Waals surface area (Å²) in [7, 11) is 0. The van der Waals surface area contributed by atoms with Crippen LogP contribution in [0.3, 0.4) is 0 Å². The first kappa shape index (κ1) is 16.8. The number of nitrogens with zero attached hydrogens (tertiary/aromatic N) is 2. The maximum absolute atomic E-state index is 12.5. The molecule has 1 N–H and O–H groups in total. The minimum Gasteiger partial charge on any atom is -0.373 e. The van der Waals surface area contributed by atoms with E-state index < -0.39 is 0 Å². The van der Waals surface area contributed by atoms with E-state index in [4.69, 9.17) is 9.72 Å².